The van der Waals surface area contributed by atoms with Gasteiger partial charge in [0.05, 0.1) is 0 Å². The predicted octanol–water partition coefficient (Wildman–Crippen LogP) is 5.24. The summed E-state index contributed by atoms with van der Waals surface area (Å²) in [5, 5.41) is 9.27. The average Bonchev–Trinajstić information content (AvgIpc) is 2.55. The van der Waals surface area contributed by atoms with Crippen LogP contribution in [0.2, 0.25) is 13.3 Å². The number of hydrogen-bond acceptors (Lipinski definition) is 1. The molecule has 0 spiro atoms. The van der Waals surface area contributed by atoms with Crippen LogP contribution >= 0.6 is 0 Å². The zero-order valence-electron chi connectivity index (χ0n) is 14.3. The van der Waals surface area contributed by atoms with Gasteiger partial charge in [0.1, 0.15) is 0 Å². The van der Waals surface area contributed by atoms with Crippen LogP contribution in [0.1, 0.15) is 64.9 Å². The van der Waals surface area contributed by atoms with Crippen molar-refractivity contribution in [1.29, 1.82) is 0 Å². The second kappa shape index (κ2) is 10.7. The third-order valence-corrected chi connectivity index (χ3v) is 20.4. The van der Waals surface area contributed by atoms with E-state index in [0.717, 1.165) is 5.56 Å². The molecule has 0 aliphatic heterocycles. The minimum atomic E-state index is -2.23. The van der Waals surface area contributed by atoms with Crippen LogP contribution in [0.5, 0.6) is 0 Å². The molecule has 0 aromatic heterocycles. The first kappa shape index (κ1) is 19.0. The summed E-state index contributed by atoms with van der Waals surface area (Å²) < 4.78 is 6.26. The Labute approximate surface area is 136 Å². The first-order valence-electron chi connectivity index (χ1n) is 8.92. The Morgan fingerprint density at radius 2 is 1.19 bits per heavy atom. The van der Waals surface area contributed by atoms with Gasteiger partial charge < -0.3 is 0 Å². The molecule has 1 nitrogen and oxygen atoms in total. The van der Waals surface area contributed by atoms with Crippen molar-refractivity contribution in [3.63, 3.8) is 0 Å². The van der Waals surface area contributed by atoms with Crippen LogP contribution in [0.3, 0.4) is 0 Å². The zero-order valence-corrected chi connectivity index (χ0v) is 17.2. The monoisotopic (exact) mass is 398 g/mol. The molecule has 0 saturated heterocycles. The van der Waals surface area contributed by atoms with Crippen molar-refractivity contribution >= 4 is 22.0 Å². The molecule has 21 heavy (non-hydrogen) atoms. The van der Waals surface area contributed by atoms with Gasteiger partial charge in [0.25, 0.3) is 0 Å². The Hall–Kier alpha value is -0.0213. The van der Waals surface area contributed by atoms with Crippen LogP contribution < -0.4 is 3.58 Å². The molecule has 0 saturated carbocycles. The summed E-state index contributed by atoms with van der Waals surface area (Å²) in [6, 6.07) is 9.04. The van der Waals surface area contributed by atoms with E-state index in [2.05, 4.69) is 45.0 Å². The van der Waals surface area contributed by atoms with Crippen LogP contribution in [0, 0.1) is 0 Å². The molecule has 1 aromatic carbocycles. The fourth-order valence-corrected chi connectivity index (χ4v) is 19.2. The number of unbranched alkanes of at least 4 members (excludes halogenated alkanes) is 3. The minimum absolute atomic E-state index is 0.168. The maximum absolute atomic E-state index is 9.27. The topological polar surface area (TPSA) is 20.2 Å². The Morgan fingerprint density at radius 1 is 0.762 bits per heavy atom. The molecule has 1 rings (SSSR count). The van der Waals surface area contributed by atoms with E-state index in [9.17, 15) is 5.11 Å². The Bertz CT molecular complexity index is 350. The molecule has 0 unspecified atom stereocenters. The van der Waals surface area contributed by atoms with Gasteiger partial charge in [-0.1, -0.05) is 0 Å². The number of aliphatic hydroxyl groups excluding tert-OH is 1. The van der Waals surface area contributed by atoms with Crippen molar-refractivity contribution in [2.75, 3.05) is 0 Å². The fraction of sp³-hybridized carbons (Fsp3) is 0.684. The van der Waals surface area contributed by atoms with Gasteiger partial charge in [0.2, 0.25) is 0 Å². The molecular weight excluding hydrogens is 363 g/mol. The quantitative estimate of drug-likeness (QED) is 0.507. The van der Waals surface area contributed by atoms with E-state index in [1.165, 1.54) is 51.8 Å². The molecule has 0 bridgehead atoms. The molecule has 0 atom stereocenters. The van der Waals surface area contributed by atoms with E-state index >= 15 is 0 Å². The first-order chi connectivity index (χ1) is 10.2. The SMILES string of the molecule is CCC[CH2][Sn]([CH2]CCC)([CH2]CCC)[c]1ccc(CO)cc1. The van der Waals surface area contributed by atoms with E-state index in [1.54, 1.807) is 3.58 Å². The van der Waals surface area contributed by atoms with E-state index in [0.29, 0.717) is 0 Å². The molecule has 0 amide bonds. The van der Waals surface area contributed by atoms with Crippen molar-refractivity contribution < 1.29 is 5.11 Å². The van der Waals surface area contributed by atoms with Gasteiger partial charge in [-0.05, 0) is 0 Å². The van der Waals surface area contributed by atoms with Gasteiger partial charge in [-0.2, -0.15) is 0 Å². The van der Waals surface area contributed by atoms with Crippen LogP contribution in [-0.4, -0.2) is 23.5 Å². The van der Waals surface area contributed by atoms with E-state index in [4.69, 9.17) is 0 Å². The van der Waals surface area contributed by atoms with Gasteiger partial charge >= 0.3 is 136 Å². The van der Waals surface area contributed by atoms with Crippen molar-refractivity contribution in [3.8, 4) is 0 Å². The summed E-state index contributed by atoms with van der Waals surface area (Å²) >= 11 is -2.23. The van der Waals surface area contributed by atoms with Gasteiger partial charge in [0.15, 0.2) is 0 Å². The van der Waals surface area contributed by atoms with Crippen molar-refractivity contribution in [3.05, 3.63) is 29.8 Å². The number of rotatable bonds is 11. The Morgan fingerprint density at radius 3 is 1.52 bits per heavy atom. The third kappa shape index (κ3) is 5.94. The summed E-state index contributed by atoms with van der Waals surface area (Å²) in [5.74, 6) is 0. The van der Waals surface area contributed by atoms with E-state index in [-0.39, 0.29) is 6.61 Å². The van der Waals surface area contributed by atoms with Crippen molar-refractivity contribution in [2.24, 2.45) is 0 Å². The van der Waals surface area contributed by atoms with Crippen LogP contribution in [0.4, 0.5) is 0 Å². The summed E-state index contributed by atoms with van der Waals surface area (Å²) in [4.78, 5) is 0. The molecule has 1 aromatic rings. The molecule has 0 radical (unpaired) electrons. The van der Waals surface area contributed by atoms with Gasteiger partial charge in [0, 0.05) is 0 Å². The molecule has 0 fully saturated rings. The zero-order chi connectivity index (χ0) is 15.6. The molecule has 120 valence electrons. The summed E-state index contributed by atoms with van der Waals surface area (Å²) in [6.45, 7) is 7.14. The van der Waals surface area contributed by atoms with Crippen LogP contribution in [-0.2, 0) is 6.61 Å². The number of benzene rings is 1. The second-order valence-corrected chi connectivity index (χ2v) is 19.7. The second-order valence-electron chi connectivity index (χ2n) is 6.45. The normalized spacial score (nSPS) is 11.8. The van der Waals surface area contributed by atoms with Crippen LogP contribution in [0.25, 0.3) is 0 Å². The standard InChI is InChI=1S/C7H7O.3C4H9.Sn/c8-6-7-4-2-1-3-5-7;3*1-3-4-2;/h2-5,8H,6H2;3*1,3-4H2,2H3;. The predicted molar refractivity (Wildman–Crippen MR) is 96.9 cm³/mol. The molecule has 1 N–H and O–H groups in total. The van der Waals surface area contributed by atoms with Gasteiger partial charge in [-0.3, -0.25) is 0 Å². The van der Waals surface area contributed by atoms with E-state index < -0.39 is 18.4 Å². The third-order valence-electron chi connectivity index (χ3n) is 4.78. The molecule has 0 aliphatic rings. The maximum atomic E-state index is 9.27. The number of hydrogen-bond donors (Lipinski definition) is 1. The summed E-state index contributed by atoms with van der Waals surface area (Å²) in [5.41, 5.74) is 1.06. The summed E-state index contributed by atoms with van der Waals surface area (Å²) in [6.07, 6.45) is 8.20. The van der Waals surface area contributed by atoms with Crippen molar-refractivity contribution in [2.45, 2.75) is 79.2 Å². The van der Waals surface area contributed by atoms with Crippen molar-refractivity contribution in [1.82, 2.24) is 0 Å². The van der Waals surface area contributed by atoms with Crippen LogP contribution in [0.15, 0.2) is 24.3 Å². The summed E-state index contributed by atoms with van der Waals surface area (Å²) in [7, 11) is 0. The molecule has 0 heterocycles. The van der Waals surface area contributed by atoms with E-state index in [1.807, 2.05) is 0 Å². The fourth-order valence-electron chi connectivity index (χ4n) is 3.32. The number of aliphatic hydroxyl groups is 1. The van der Waals surface area contributed by atoms with Gasteiger partial charge in [-0.25, -0.2) is 0 Å². The Kier molecular flexibility index (Phi) is 9.66. The van der Waals surface area contributed by atoms with Gasteiger partial charge in [-0.15, -0.1) is 0 Å². The molecule has 0 aliphatic carbocycles. The molecule has 2 heteroatoms. The molecular formula is C19H34OSn. The first-order valence-corrected chi connectivity index (χ1v) is 16.4. The Balaban J connectivity index is 3.02. The average molecular weight is 397 g/mol.